The molecule has 0 bridgehead atoms. The number of aryl methyl sites for hydroxylation is 1. The van der Waals surface area contributed by atoms with Gasteiger partial charge in [0.2, 0.25) is 0 Å². The molecule has 3 aromatic rings. The highest BCUT2D eigenvalue weighted by Gasteiger charge is 2.15. The van der Waals surface area contributed by atoms with Gasteiger partial charge in [-0.3, -0.25) is 19.7 Å². The summed E-state index contributed by atoms with van der Waals surface area (Å²) in [4.78, 5) is 40.6. The van der Waals surface area contributed by atoms with Crippen LogP contribution in [0.3, 0.4) is 0 Å². The molecule has 0 spiro atoms. The lowest BCUT2D eigenvalue weighted by atomic mass is 10.1. The SMILES string of the molecule is CCOc1ccccc1C(=O)NCC(=O)OCC(=O)Nc1nc(-c2ccc(C)cc2)cs1. The second-order valence-corrected chi connectivity index (χ2v) is 7.58. The van der Waals surface area contributed by atoms with Crippen LogP contribution in [-0.4, -0.2) is 42.5 Å². The average Bonchev–Trinajstić information content (AvgIpc) is 3.25. The van der Waals surface area contributed by atoms with E-state index in [9.17, 15) is 14.4 Å². The van der Waals surface area contributed by atoms with E-state index < -0.39 is 24.4 Å². The molecule has 0 atom stereocenters. The number of benzene rings is 2. The van der Waals surface area contributed by atoms with Gasteiger partial charge in [-0.25, -0.2) is 4.98 Å². The summed E-state index contributed by atoms with van der Waals surface area (Å²) in [6, 6.07) is 14.6. The minimum Gasteiger partial charge on any atom is -0.493 e. The van der Waals surface area contributed by atoms with Crippen molar-refractivity contribution in [1.29, 1.82) is 0 Å². The number of para-hydroxylation sites is 1. The van der Waals surface area contributed by atoms with Gasteiger partial charge >= 0.3 is 5.97 Å². The molecule has 1 heterocycles. The number of aromatic nitrogens is 1. The highest BCUT2D eigenvalue weighted by atomic mass is 32.1. The van der Waals surface area contributed by atoms with Crippen LogP contribution in [0, 0.1) is 6.92 Å². The summed E-state index contributed by atoms with van der Waals surface area (Å²) < 4.78 is 10.3. The van der Waals surface area contributed by atoms with Crippen molar-refractivity contribution in [2.75, 3.05) is 25.1 Å². The van der Waals surface area contributed by atoms with Crippen molar-refractivity contribution in [3.8, 4) is 17.0 Å². The topological polar surface area (TPSA) is 107 Å². The summed E-state index contributed by atoms with van der Waals surface area (Å²) in [5.41, 5.74) is 3.15. The largest absolute Gasteiger partial charge is 0.493 e. The van der Waals surface area contributed by atoms with E-state index in [-0.39, 0.29) is 6.54 Å². The number of carbonyl (C=O) groups excluding carboxylic acids is 3. The minimum absolute atomic E-state index is 0.313. The van der Waals surface area contributed by atoms with Crippen LogP contribution in [0.4, 0.5) is 5.13 Å². The highest BCUT2D eigenvalue weighted by Crippen LogP contribution is 2.25. The Morgan fingerprint density at radius 1 is 1.06 bits per heavy atom. The molecule has 1 aromatic heterocycles. The van der Waals surface area contributed by atoms with Gasteiger partial charge in [0.15, 0.2) is 11.7 Å². The number of esters is 1. The van der Waals surface area contributed by atoms with Crippen molar-refractivity contribution in [1.82, 2.24) is 10.3 Å². The number of thiazole rings is 1. The molecule has 2 amide bonds. The molecule has 32 heavy (non-hydrogen) atoms. The molecule has 0 fully saturated rings. The van der Waals surface area contributed by atoms with Gasteiger partial charge in [-0.2, -0.15) is 0 Å². The molecule has 8 nitrogen and oxygen atoms in total. The number of amides is 2. The van der Waals surface area contributed by atoms with Crippen molar-refractivity contribution >= 4 is 34.3 Å². The number of hydrogen-bond donors (Lipinski definition) is 2. The first-order valence-electron chi connectivity index (χ1n) is 9.94. The van der Waals surface area contributed by atoms with Crippen LogP contribution in [0.2, 0.25) is 0 Å². The number of anilines is 1. The number of rotatable bonds is 9. The van der Waals surface area contributed by atoms with E-state index in [0.29, 0.717) is 23.1 Å². The van der Waals surface area contributed by atoms with Crippen molar-refractivity contribution in [2.45, 2.75) is 13.8 Å². The van der Waals surface area contributed by atoms with Crippen LogP contribution in [0.5, 0.6) is 5.75 Å². The fraction of sp³-hybridized carbons (Fsp3) is 0.217. The summed E-state index contributed by atoms with van der Waals surface area (Å²) in [5.74, 6) is -1.30. The zero-order chi connectivity index (χ0) is 22.9. The predicted molar refractivity (Wildman–Crippen MR) is 122 cm³/mol. The molecule has 0 unspecified atom stereocenters. The van der Waals surface area contributed by atoms with Gasteiger partial charge in [-0.05, 0) is 26.0 Å². The molecule has 2 aromatic carbocycles. The molecule has 0 saturated carbocycles. The van der Waals surface area contributed by atoms with Gasteiger partial charge in [0.1, 0.15) is 12.3 Å². The number of nitrogens with zero attached hydrogens (tertiary/aromatic N) is 1. The number of carbonyl (C=O) groups is 3. The summed E-state index contributed by atoms with van der Waals surface area (Å²) in [7, 11) is 0. The van der Waals surface area contributed by atoms with Gasteiger partial charge in [-0.15, -0.1) is 11.3 Å². The van der Waals surface area contributed by atoms with Crippen LogP contribution < -0.4 is 15.4 Å². The Hall–Kier alpha value is -3.72. The van der Waals surface area contributed by atoms with Crippen LogP contribution >= 0.6 is 11.3 Å². The third-order valence-corrected chi connectivity index (χ3v) is 5.04. The fourth-order valence-corrected chi connectivity index (χ4v) is 3.46. The smallest absolute Gasteiger partial charge is 0.325 e. The third kappa shape index (κ3) is 6.39. The standard InChI is InChI=1S/C23H23N3O5S/c1-3-30-19-7-5-4-6-17(19)22(29)24-12-21(28)31-13-20(27)26-23-25-18(14-32-23)16-10-8-15(2)9-11-16/h4-11,14H,3,12-13H2,1-2H3,(H,24,29)(H,25,26,27). The minimum atomic E-state index is -0.734. The Morgan fingerprint density at radius 3 is 2.56 bits per heavy atom. The van der Waals surface area contributed by atoms with Gasteiger partial charge < -0.3 is 14.8 Å². The molecule has 0 aliphatic rings. The van der Waals surface area contributed by atoms with Crippen LogP contribution in [0.25, 0.3) is 11.3 Å². The molecule has 0 radical (unpaired) electrons. The monoisotopic (exact) mass is 453 g/mol. The van der Waals surface area contributed by atoms with Crippen molar-refractivity contribution in [3.05, 3.63) is 65.0 Å². The maximum Gasteiger partial charge on any atom is 0.325 e. The Labute approximate surface area is 189 Å². The summed E-state index contributed by atoms with van der Waals surface area (Å²) >= 11 is 1.28. The Kier molecular flexibility index (Phi) is 7.93. The van der Waals surface area contributed by atoms with E-state index in [4.69, 9.17) is 9.47 Å². The summed E-state index contributed by atoms with van der Waals surface area (Å²) in [6.07, 6.45) is 0. The van der Waals surface area contributed by atoms with Crippen molar-refractivity contribution in [3.63, 3.8) is 0 Å². The molecule has 166 valence electrons. The molecular formula is C23H23N3O5S. The zero-order valence-electron chi connectivity index (χ0n) is 17.7. The summed E-state index contributed by atoms with van der Waals surface area (Å²) in [6.45, 7) is 3.37. The predicted octanol–water partition coefficient (Wildman–Crippen LogP) is 3.43. The molecular weight excluding hydrogens is 430 g/mol. The number of hydrogen-bond acceptors (Lipinski definition) is 7. The van der Waals surface area contributed by atoms with E-state index in [0.717, 1.165) is 16.8 Å². The molecule has 9 heteroatoms. The van der Waals surface area contributed by atoms with Gasteiger partial charge in [0, 0.05) is 10.9 Å². The normalized spacial score (nSPS) is 10.3. The van der Waals surface area contributed by atoms with E-state index >= 15 is 0 Å². The van der Waals surface area contributed by atoms with E-state index in [2.05, 4.69) is 15.6 Å². The van der Waals surface area contributed by atoms with E-state index in [1.807, 2.05) is 43.5 Å². The first-order chi connectivity index (χ1) is 15.5. The van der Waals surface area contributed by atoms with E-state index in [1.54, 1.807) is 24.3 Å². The number of ether oxygens (including phenoxy) is 2. The lowest BCUT2D eigenvalue weighted by Gasteiger charge is -2.10. The molecule has 0 aliphatic carbocycles. The van der Waals surface area contributed by atoms with Crippen LogP contribution in [0.1, 0.15) is 22.8 Å². The Bertz CT molecular complexity index is 1100. The Morgan fingerprint density at radius 2 is 1.81 bits per heavy atom. The maximum atomic E-state index is 12.3. The number of nitrogens with one attached hydrogen (secondary N) is 2. The van der Waals surface area contributed by atoms with Crippen molar-refractivity contribution in [2.24, 2.45) is 0 Å². The zero-order valence-corrected chi connectivity index (χ0v) is 18.5. The quantitative estimate of drug-likeness (QED) is 0.481. The molecule has 3 rings (SSSR count). The second kappa shape index (κ2) is 11.1. The highest BCUT2D eigenvalue weighted by molar-refractivity contribution is 7.14. The molecule has 0 aliphatic heterocycles. The molecule has 0 saturated heterocycles. The third-order valence-electron chi connectivity index (χ3n) is 4.29. The maximum absolute atomic E-state index is 12.3. The average molecular weight is 454 g/mol. The van der Waals surface area contributed by atoms with E-state index in [1.165, 1.54) is 11.3 Å². The second-order valence-electron chi connectivity index (χ2n) is 6.72. The fourth-order valence-electron chi connectivity index (χ4n) is 2.72. The van der Waals surface area contributed by atoms with Gasteiger partial charge in [0.25, 0.3) is 11.8 Å². The van der Waals surface area contributed by atoms with Gasteiger partial charge in [0.05, 0.1) is 17.9 Å². The lowest BCUT2D eigenvalue weighted by Crippen LogP contribution is -2.32. The van der Waals surface area contributed by atoms with Crippen LogP contribution in [0.15, 0.2) is 53.9 Å². The van der Waals surface area contributed by atoms with Crippen LogP contribution in [-0.2, 0) is 14.3 Å². The first-order valence-corrected chi connectivity index (χ1v) is 10.8. The lowest BCUT2D eigenvalue weighted by molar-refractivity contribution is -0.146. The Balaban J connectivity index is 1.44. The van der Waals surface area contributed by atoms with Gasteiger partial charge in [-0.1, -0.05) is 42.0 Å². The van der Waals surface area contributed by atoms with Crippen molar-refractivity contribution < 1.29 is 23.9 Å². The first kappa shape index (κ1) is 23.0. The molecule has 2 N–H and O–H groups in total. The summed E-state index contributed by atoms with van der Waals surface area (Å²) in [5, 5.41) is 7.30.